The van der Waals surface area contributed by atoms with E-state index in [0.29, 0.717) is 0 Å². The normalized spacial score (nSPS) is 14.9. The molecular weight excluding hydrogens is 368 g/mol. The molecule has 5 rings (SSSR count). The number of unbranched alkanes of at least 4 members (excludes halogenated alkanes) is 1. The second kappa shape index (κ2) is 8.31. The molecule has 0 N–H and O–H groups in total. The van der Waals surface area contributed by atoms with E-state index in [1.807, 2.05) is 6.20 Å². The van der Waals surface area contributed by atoms with Gasteiger partial charge in [-0.25, -0.2) is 9.97 Å². The van der Waals surface area contributed by atoms with Crippen molar-refractivity contribution in [3.8, 4) is 11.4 Å². The lowest BCUT2D eigenvalue weighted by atomic mass is 10.1. The van der Waals surface area contributed by atoms with E-state index in [2.05, 4.69) is 82.0 Å². The second-order valence-electron chi connectivity index (χ2n) is 8.12. The topological polar surface area (TPSA) is 33.4 Å². The van der Waals surface area contributed by atoms with Crippen molar-refractivity contribution in [1.82, 2.24) is 14.4 Å². The first-order valence-corrected chi connectivity index (χ1v) is 11.1. The van der Waals surface area contributed by atoms with Gasteiger partial charge in [0.05, 0.1) is 28.8 Å². The molecule has 4 aromatic rings. The van der Waals surface area contributed by atoms with Crippen LogP contribution in [0.15, 0.2) is 60.9 Å². The SMILES string of the molecule is CCC/C=C/c1ccn2c(-c3ccc4cccc(N5CCCCC5)c4n3)cnc2c1. The van der Waals surface area contributed by atoms with E-state index in [9.17, 15) is 0 Å². The summed E-state index contributed by atoms with van der Waals surface area (Å²) in [6.45, 7) is 4.44. The lowest BCUT2D eigenvalue weighted by Gasteiger charge is -2.29. The second-order valence-corrected chi connectivity index (χ2v) is 8.12. The van der Waals surface area contributed by atoms with Crippen LogP contribution in [0.25, 0.3) is 34.0 Å². The zero-order chi connectivity index (χ0) is 20.3. The van der Waals surface area contributed by atoms with Crippen molar-refractivity contribution in [3.05, 3.63) is 66.5 Å². The van der Waals surface area contributed by atoms with Crippen molar-refractivity contribution in [3.63, 3.8) is 0 Å². The summed E-state index contributed by atoms with van der Waals surface area (Å²) in [5, 5.41) is 1.19. The molecule has 1 aromatic carbocycles. The summed E-state index contributed by atoms with van der Waals surface area (Å²) in [4.78, 5) is 12.3. The Morgan fingerprint density at radius 1 is 1.03 bits per heavy atom. The minimum absolute atomic E-state index is 0.954. The minimum Gasteiger partial charge on any atom is -0.370 e. The van der Waals surface area contributed by atoms with Gasteiger partial charge < -0.3 is 4.90 Å². The molecule has 0 amide bonds. The van der Waals surface area contributed by atoms with Crippen molar-refractivity contribution in [2.24, 2.45) is 0 Å². The number of pyridine rings is 2. The van der Waals surface area contributed by atoms with Crippen molar-refractivity contribution in [2.75, 3.05) is 18.0 Å². The third kappa shape index (κ3) is 3.58. The average Bonchev–Trinajstić information content (AvgIpc) is 3.22. The maximum atomic E-state index is 5.11. The number of benzene rings is 1. The Balaban J connectivity index is 1.55. The summed E-state index contributed by atoms with van der Waals surface area (Å²) >= 11 is 0. The van der Waals surface area contributed by atoms with E-state index in [4.69, 9.17) is 4.98 Å². The monoisotopic (exact) mass is 396 g/mol. The predicted octanol–water partition coefficient (Wildman–Crippen LogP) is 6.35. The molecule has 0 spiro atoms. The van der Waals surface area contributed by atoms with Gasteiger partial charge in [-0.3, -0.25) is 4.40 Å². The molecule has 30 heavy (non-hydrogen) atoms. The summed E-state index contributed by atoms with van der Waals surface area (Å²) in [5.41, 5.74) is 6.48. The van der Waals surface area contributed by atoms with Gasteiger partial charge in [-0.2, -0.15) is 0 Å². The number of hydrogen-bond acceptors (Lipinski definition) is 3. The van der Waals surface area contributed by atoms with Gasteiger partial charge in [-0.05, 0) is 55.5 Å². The molecule has 3 aromatic heterocycles. The van der Waals surface area contributed by atoms with Crippen LogP contribution in [0.3, 0.4) is 0 Å². The number of piperidine rings is 1. The van der Waals surface area contributed by atoms with Gasteiger partial charge in [0, 0.05) is 24.7 Å². The highest BCUT2D eigenvalue weighted by Crippen LogP contribution is 2.30. The fourth-order valence-electron chi connectivity index (χ4n) is 4.34. The van der Waals surface area contributed by atoms with Gasteiger partial charge in [0.2, 0.25) is 0 Å². The maximum absolute atomic E-state index is 5.11. The lowest BCUT2D eigenvalue weighted by molar-refractivity contribution is 0.579. The standard InChI is InChI=1S/C26H28N4/c1-2-3-5-9-20-14-17-30-24(19-27-25(30)18-20)22-13-12-21-10-8-11-23(26(21)28-22)29-15-6-4-7-16-29/h5,8-14,17-19H,2-4,6-7,15-16H2,1H3/b9-5+. The van der Waals surface area contributed by atoms with Crippen LogP contribution in [-0.4, -0.2) is 27.5 Å². The van der Waals surface area contributed by atoms with Gasteiger partial charge in [0.25, 0.3) is 0 Å². The number of para-hydroxylation sites is 1. The van der Waals surface area contributed by atoms with Crippen LogP contribution in [0.2, 0.25) is 0 Å². The van der Waals surface area contributed by atoms with Crippen LogP contribution >= 0.6 is 0 Å². The van der Waals surface area contributed by atoms with Crippen molar-refractivity contribution >= 4 is 28.3 Å². The van der Waals surface area contributed by atoms with Crippen LogP contribution < -0.4 is 4.90 Å². The summed E-state index contributed by atoms with van der Waals surface area (Å²) < 4.78 is 2.13. The summed E-state index contributed by atoms with van der Waals surface area (Å²) in [6, 6.07) is 15.1. The number of aromatic nitrogens is 3. The number of allylic oxidation sites excluding steroid dienone is 1. The van der Waals surface area contributed by atoms with Crippen LogP contribution in [0.5, 0.6) is 0 Å². The molecular formula is C26H28N4. The van der Waals surface area contributed by atoms with E-state index in [0.717, 1.165) is 42.1 Å². The van der Waals surface area contributed by atoms with E-state index in [1.54, 1.807) is 0 Å². The minimum atomic E-state index is 0.954. The molecule has 4 heteroatoms. The molecule has 0 unspecified atom stereocenters. The quantitative estimate of drug-likeness (QED) is 0.394. The Labute approximate surface area is 177 Å². The first-order chi connectivity index (χ1) is 14.8. The van der Waals surface area contributed by atoms with Gasteiger partial charge in [0.1, 0.15) is 5.65 Å². The molecule has 1 aliphatic rings. The Kier molecular flexibility index (Phi) is 5.22. The van der Waals surface area contributed by atoms with Gasteiger partial charge in [-0.15, -0.1) is 0 Å². The first kappa shape index (κ1) is 18.9. The molecule has 1 fully saturated rings. The number of rotatable bonds is 5. The Morgan fingerprint density at radius 3 is 2.80 bits per heavy atom. The van der Waals surface area contributed by atoms with Crippen molar-refractivity contribution in [1.29, 1.82) is 0 Å². The van der Waals surface area contributed by atoms with Gasteiger partial charge in [0.15, 0.2) is 0 Å². The lowest BCUT2D eigenvalue weighted by Crippen LogP contribution is -2.29. The summed E-state index contributed by atoms with van der Waals surface area (Å²) in [5.74, 6) is 0. The molecule has 0 saturated carbocycles. The zero-order valence-corrected chi connectivity index (χ0v) is 17.6. The number of fused-ring (bicyclic) bond motifs is 2. The summed E-state index contributed by atoms with van der Waals surface area (Å²) in [6.07, 6.45) is 14.6. The Bertz CT molecular complexity index is 1200. The molecule has 1 saturated heterocycles. The highest BCUT2D eigenvalue weighted by Gasteiger charge is 2.16. The third-order valence-corrected chi connectivity index (χ3v) is 5.96. The molecule has 4 heterocycles. The van der Waals surface area contributed by atoms with Crippen LogP contribution in [0.4, 0.5) is 5.69 Å². The molecule has 0 radical (unpaired) electrons. The van der Waals surface area contributed by atoms with E-state index < -0.39 is 0 Å². The maximum Gasteiger partial charge on any atom is 0.137 e. The number of anilines is 1. The van der Waals surface area contributed by atoms with E-state index in [-0.39, 0.29) is 0 Å². The highest BCUT2D eigenvalue weighted by atomic mass is 15.1. The smallest absolute Gasteiger partial charge is 0.137 e. The number of nitrogens with zero attached hydrogens (tertiary/aromatic N) is 4. The zero-order valence-electron chi connectivity index (χ0n) is 17.6. The van der Waals surface area contributed by atoms with Gasteiger partial charge in [-0.1, -0.05) is 43.7 Å². The average molecular weight is 397 g/mol. The third-order valence-electron chi connectivity index (χ3n) is 5.96. The number of imidazole rings is 1. The highest BCUT2D eigenvalue weighted by molar-refractivity contribution is 5.92. The largest absolute Gasteiger partial charge is 0.370 e. The van der Waals surface area contributed by atoms with Crippen LogP contribution in [-0.2, 0) is 0 Å². The Hall–Kier alpha value is -3.14. The molecule has 0 aliphatic carbocycles. The van der Waals surface area contributed by atoms with E-state index in [1.165, 1.54) is 42.3 Å². The van der Waals surface area contributed by atoms with Crippen LogP contribution in [0, 0.1) is 0 Å². The van der Waals surface area contributed by atoms with E-state index >= 15 is 0 Å². The summed E-state index contributed by atoms with van der Waals surface area (Å²) in [7, 11) is 0. The molecule has 0 bridgehead atoms. The fourth-order valence-corrected chi connectivity index (χ4v) is 4.34. The van der Waals surface area contributed by atoms with Crippen molar-refractivity contribution < 1.29 is 0 Å². The molecule has 4 nitrogen and oxygen atoms in total. The van der Waals surface area contributed by atoms with Gasteiger partial charge >= 0.3 is 0 Å². The molecule has 0 atom stereocenters. The van der Waals surface area contributed by atoms with Crippen LogP contribution in [0.1, 0.15) is 44.6 Å². The number of hydrogen-bond donors (Lipinski definition) is 0. The molecule has 152 valence electrons. The fraction of sp³-hybridized carbons (Fsp3) is 0.308. The predicted molar refractivity (Wildman–Crippen MR) is 126 cm³/mol. The first-order valence-electron chi connectivity index (χ1n) is 11.1. The van der Waals surface area contributed by atoms with Crippen molar-refractivity contribution in [2.45, 2.75) is 39.0 Å². The molecule has 1 aliphatic heterocycles. The Morgan fingerprint density at radius 2 is 1.93 bits per heavy atom.